The lowest BCUT2D eigenvalue weighted by Crippen LogP contribution is -2.47. The van der Waals surface area contributed by atoms with E-state index in [9.17, 15) is 8.42 Å². The fourth-order valence-electron chi connectivity index (χ4n) is 2.89. The van der Waals surface area contributed by atoms with Crippen LogP contribution in [-0.2, 0) is 9.84 Å². The molecule has 2 saturated heterocycles. The van der Waals surface area contributed by atoms with Crippen molar-refractivity contribution in [3.63, 3.8) is 0 Å². The van der Waals surface area contributed by atoms with E-state index in [-0.39, 0.29) is 0 Å². The van der Waals surface area contributed by atoms with Crippen LogP contribution in [0.5, 0.6) is 0 Å². The summed E-state index contributed by atoms with van der Waals surface area (Å²) in [4.78, 5) is 2.36. The van der Waals surface area contributed by atoms with Crippen LogP contribution in [0.4, 0.5) is 0 Å². The zero-order valence-corrected chi connectivity index (χ0v) is 11.5. The first-order valence-corrected chi connectivity index (χ1v) is 8.53. The molecule has 1 atom stereocenters. The molecule has 0 aromatic rings. The third-order valence-electron chi connectivity index (χ3n) is 4.07. The van der Waals surface area contributed by atoms with Crippen LogP contribution < -0.4 is 5.32 Å². The molecule has 2 rings (SSSR count). The zero-order chi connectivity index (χ0) is 12.3. The smallest absolute Gasteiger partial charge is 0.150 e. The lowest BCUT2D eigenvalue weighted by Gasteiger charge is -2.35. The Labute approximate surface area is 105 Å². The highest BCUT2D eigenvalue weighted by molar-refractivity contribution is 7.91. The number of hydrogen-bond acceptors (Lipinski definition) is 4. The van der Waals surface area contributed by atoms with Gasteiger partial charge in [0.15, 0.2) is 0 Å². The van der Waals surface area contributed by atoms with Crippen molar-refractivity contribution in [3.8, 4) is 0 Å². The molecule has 0 bridgehead atoms. The van der Waals surface area contributed by atoms with Gasteiger partial charge in [0.1, 0.15) is 9.84 Å². The summed E-state index contributed by atoms with van der Waals surface area (Å²) >= 11 is 0. The number of rotatable bonds is 3. The molecule has 1 unspecified atom stereocenters. The second-order valence-corrected chi connectivity index (χ2v) is 7.77. The summed E-state index contributed by atoms with van der Waals surface area (Å²) in [5.41, 5.74) is 0. The second kappa shape index (κ2) is 5.67. The number of hydrogen-bond donors (Lipinski definition) is 1. The van der Waals surface area contributed by atoms with Gasteiger partial charge in [0, 0.05) is 18.6 Å². The van der Waals surface area contributed by atoms with Crippen molar-refractivity contribution in [2.45, 2.75) is 44.2 Å². The molecular weight excluding hydrogens is 236 g/mol. The van der Waals surface area contributed by atoms with Crippen molar-refractivity contribution >= 4 is 9.84 Å². The van der Waals surface area contributed by atoms with Crippen LogP contribution in [0.3, 0.4) is 0 Å². The van der Waals surface area contributed by atoms with Gasteiger partial charge in [-0.2, -0.15) is 0 Å². The van der Waals surface area contributed by atoms with E-state index < -0.39 is 9.84 Å². The van der Waals surface area contributed by atoms with E-state index in [0.29, 0.717) is 23.6 Å². The molecular formula is C12H24N2O2S. The zero-order valence-electron chi connectivity index (χ0n) is 10.7. The van der Waals surface area contributed by atoms with E-state index in [1.165, 1.54) is 19.3 Å². The average Bonchev–Trinajstić information content (AvgIpc) is 2.30. The molecule has 0 spiro atoms. The van der Waals surface area contributed by atoms with Crippen molar-refractivity contribution in [2.75, 3.05) is 31.6 Å². The van der Waals surface area contributed by atoms with Crippen LogP contribution in [0.1, 0.15) is 32.1 Å². The summed E-state index contributed by atoms with van der Waals surface area (Å²) in [5, 5.41) is 3.55. The first kappa shape index (κ1) is 13.3. The van der Waals surface area contributed by atoms with Gasteiger partial charge in [-0.3, -0.25) is 0 Å². The van der Waals surface area contributed by atoms with Gasteiger partial charge in [0.2, 0.25) is 0 Å². The van der Waals surface area contributed by atoms with Crippen molar-refractivity contribution in [1.29, 1.82) is 0 Å². The van der Waals surface area contributed by atoms with Gasteiger partial charge < -0.3 is 10.2 Å². The molecule has 0 radical (unpaired) electrons. The molecule has 0 amide bonds. The highest BCUT2D eigenvalue weighted by Gasteiger charge is 2.27. The summed E-state index contributed by atoms with van der Waals surface area (Å²) in [7, 11) is -0.587. The Morgan fingerprint density at radius 1 is 1.18 bits per heavy atom. The maximum absolute atomic E-state index is 11.4. The van der Waals surface area contributed by atoms with Gasteiger partial charge in [0.25, 0.3) is 0 Å². The van der Waals surface area contributed by atoms with Crippen molar-refractivity contribution in [3.05, 3.63) is 0 Å². The number of piperidine rings is 1. The van der Waals surface area contributed by atoms with E-state index >= 15 is 0 Å². The van der Waals surface area contributed by atoms with Gasteiger partial charge in [-0.25, -0.2) is 8.42 Å². The standard InChI is InChI=1S/C12H24N2O2S/c1-14(10-11-4-2-3-7-13-11)12-5-8-17(15,16)9-6-12/h11-13H,2-10H2,1H3. The predicted molar refractivity (Wildman–Crippen MR) is 69.9 cm³/mol. The summed E-state index contributed by atoms with van der Waals surface area (Å²) in [6.45, 7) is 2.20. The molecule has 2 aliphatic heterocycles. The largest absolute Gasteiger partial charge is 0.313 e. The molecule has 0 aliphatic carbocycles. The topological polar surface area (TPSA) is 49.4 Å². The molecule has 2 heterocycles. The molecule has 1 N–H and O–H groups in total. The Balaban J connectivity index is 1.78. The Kier molecular flexibility index (Phi) is 4.44. The summed E-state index contributed by atoms with van der Waals surface area (Å²) in [6, 6.07) is 1.06. The van der Waals surface area contributed by atoms with Gasteiger partial charge in [-0.15, -0.1) is 0 Å². The summed E-state index contributed by atoms with van der Waals surface area (Å²) < 4.78 is 22.8. The molecule has 2 fully saturated rings. The lowest BCUT2D eigenvalue weighted by molar-refractivity contribution is 0.191. The highest BCUT2D eigenvalue weighted by atomic mass is 32.2. The Morgan fingerprint density at radius 3 is 2.47 bits per heavy atom. The number of sulfone groups is 1. The van der Waals surface area contributed by atoms with Gasteiger partial charge in [0.05, 0.1) is 11.5 Å². The molecule has 4 nitrogen and oxygen atoms in total. The summed E-state index contributed by atoms with van der Waals surface area (Å²) in [6.07, 6.45) is 5.50. The molecule has 0 saturated carbocycles. The molecule has 2 aliphatic rings. The second-order valence-electron chi connectivity index (χ2n) is 5.47. The van der Waals surface area contributed by atoms with E-state index in [2.05, 4.69) is 17.3 Å². The third-order valence-corrected chi connectivity index (χ3v) is 5.78. The van der Waals surface area contributed by atoms with Crippen LogP contribution >= 0.6 is 0 Å². The first-order chi connectivity index (χ1) is 8.07. The quantitative estimate of drug-likeness (QED) is 0.809. The number of likely N-dealkylation sites (N-methyl/N-ethyl adjacent to an activating group) is 1. The van der Waals surface area contributed by atoms with Gasteiger partial charge in [-0.1, -0.05) is 6.42 Å². The van der Waals surface area contributed by atoms with Gasteiger partial charge >= 0.3 is 0 Å². The van der Waals surface area contributed by atoms with Gasteiger partial charge in [-0.05, 0) is 39.3 Å². The minimum Gasteiger partial charge on any atom is -0.313 e. The number of nitrogens with one attached hydrogen (secondary N) is 1. The average molecular weight is 260 g/mol. The molecule has 100 valence electrons. The fraction of sp³-hybridized carbons (Fsp3) is 1.00. The first-order valence-electron chi connectivity index (χ1n) is 6.71. The van der Waals surface area contributed by atoms with Crippen LogP contribution in [0.2, 0.25) is 0 Å². The molecule has 0 aromatic carbocycles. The molecule has 17 heavy (non-hydrogen) atoms. The van der Waals surface area contributed by atoms with Crippen LogP contribution in [0.25, 0.3) is 0 Å². The highest BCUT2D eigenvalue weighted by Crippen LogP contribution is 2.18. The maximum atomic E-state index is 11.4. The lowest BCUT2D eigenvalue weighted by atomic mass is 10.0. The Morgan fingerprint density at radius 2 is 1.88 bits per heavy atom. The van der Waals surface area contributed by atoms with Crippen molar-refractivity contribution in [1.82, 2.24) is 10.2 Å². The Hall–Kier alpha value is -0.130. The summed E-state index contributed by atoms with van der Waals surface area (Å²) in [5.74, 6) is 0.750. The van der Waals surface area contributed by atoms with Crippen LogP contribution in [0.15, 0.2) is 0 Å². The van der Waals surface area contributed by atoms with E-state index in [1.807, 2.05) is 0 Å². The van der Waals surface area contributed by atoms with Crippen molar-refractivity contribution in [2.24, 2.45) is 0 Å². The van der Waals surface area contributed by atoms with Crippen molar-refractivity contribution < 1.29 is 8.42 Å². The Bertz CT molecular complexity index is 322. The van der Waals surface area contributed by atoms with Crippen LogP contribution in [0, 0.1) is 0 Å². The van der Waals surface area contributed by atoms with Crippen LogP contribution in [-0.4, -0.2) is 57.0 Å². The van der Waals surface area contributed by atoms with E-state index in [0.717, 1.165) is 25.9 Å². The fourth-order valence-corrected chi connectivity index (χ4v) is 4.36. The predicted octanol–water partition coefficient (Wildman–Crippen LogP) is 0.638. The SMILES string of the molecule is CN(CC1CCCCN1)C1CCS(=O)(=O)CC1. The monoisotopic (exact) mass is 260 g/mol. The van der Waals surface area contributed by atoms with E-state index in [4.69, 9.17) is 0 Å². The van der Waals surface area contributed by atoms with E-state index in [1.54, 1.807) is 0 Å². The molecule has 0 aromatic heterocycles. The minimum absolute atomic E-state index is 0.375. The third kappa shape index (κ3) is 3.93. The maximum Gasteiger partial charge on any atom is 0.150 e. The number of nitrogens with zero attached hydrogens (tertiary/aromatic N) is 1. The normalized spacial score (nSPS) is 30.6. The minimum atomic E-state index is -2.72. The molecule has 5 heteroatoms.